The molecule has 1 fully saturated rings. The fourth-order valence-corrected chi connectivity index (χ4v) is 4.07. The summed E-state index contributed by atoms with van der Waals surface area (Å²) in [6.07, 6.45) is 1.41. The van der Waals surface area contributed by atoms with Crippen molar-refractivity contribution in [3.05, 3.63) is 29.8 Å². The van der Waals surface area contributed by atoms with Gasteiger partial charge < -0.3 is 15.5 Å². The number of benzene rings is 1. The van der Waals surface area contributed by atoms with E-state index < -0.39 is 6.17 Å². The molecule has 23 heavy (non-hydrogen) atoms. The lowest BCUT2D eigenvalue weighted by Crippen LogP contribution is -2.50. The molecule has 2 N–H and O–H groups in total. The zero-order valence-electron chi connectivity index (χ0n) is 14.4. The van der Waals surface area contributed by atoms with Crippen molar-refractivity contribution in [1.29, 1.82) is 0 Å². The SMILES string of the molecule is CC1CC(C)N(C2=NC(N)C(=O)N(C)c3ccccc32)C(C)C1. The zero-order valence-corrected chi connectivity index (χ0v) is 14.4. The zero-order chi connectivity index (χ0) is 16.7. The Balaban J connectivity index is 2.11. The Hall–Kier alpha value is -1.88. The third-order valence-corrected chi connectivity index (χ3v) is 5.03. The van der Waals surface area contributed by atoms with Crippen LogP contribution in [0, 0.1) is 5.92 Å². The largest absolute Gasteiger partial charge is 0.351 e. The van der Waals surface area contributed by atoms with Gasteiger partial charge in [-0.1, -0.05) is 19.1 Å². The van der Waals surface area contributed by atoms with Crippen molar-refractivity contribution in [1.82, 2.24) is 4.90 Å². The number of nitrogens with two attached hydrogens (primary N) is 1. The van der Waals surface area contributed by atoms with Gasteiger partial charge in [0.1, 0.15) is 5.84 Å². The number of benzodiazepines with no additional fused rings is 1. The number of rotatable bonds is 0. The van der Waals surface area contributed by atoms with Crippen LogP contribution in [-0.4, -0.2) is 41.9 Å². The number of likely N-dealkylation sites (N-methyl/N-ethyl adjacent to an activating group) is 1. The molecule has 5 heteroatoms. The predicted molar refractivity (Wildman–Crippen MR) is 93.5 cm³/mol. The summed E-state index contributed by atoms with van der Waals surface area (Å²) in [6.45, 7) is 6.77. The van der Waals surface area contributed by atoms with E-state index in [9.17, 15) is 4.79 Å². The summed E-state index contributed by atoms with van der Waals surface area (Å²) in [6, 6.07) is 8.70. The van der Waals surface area contributed by atoms with Gasteiger partial charge in [-0.25, -0.2) is 4.99 Å². The van der Waals surface area contributed by atoms with Gasteiger partial charge in [0.05, 0.1) is 5.69 Å². The quantitative estimate of drug-likeness (QED) is 0.798. The molecule has 124 valence electrons. The molecule has 1 aromatic rings. The van der Waals surface area contributed by atoms with Crippen LogP contribution in [0.1, 0.15) is 39.2 Å². The van der Waals surface area contributed by atoms with Crippen LogP contribution < -0.4 is 10.6 Å². The number of anilines is 1. The lowest BCUT2D eigenvalue weighted by molar-refractivity contribution is -0.119. The molecule has 0 spiro atoms. The first-order chi connectivity index (χ1) is 10.9. The van der Waals surface area contributed by atoms with E-state index in [-0.39, 0.29) is 5.91 Å². The summed E-state index contributed by atoms with van der Waals surface area (Å²) in [7, 11) is 1.77. The summed E-state index contributed by atoms with van der Waals surface area (Å²) < 4.78 is 0. The number of piperidine rings is 1. The van der Waals surface area contributed by atoms with Gasteiger partial charge >= 0.3 is 0 Å². The van der Waals surface area contributed by atoms with Crippen LogP contribution in [0.4, 0.5) is 5.69 Å². The minimum atomic E-state index is -0.846. The monoisotopic (exact) mass is 314 g/mol. The van der Waals surface area contributed by atoms with Crippen LogP contribution in [0.3, 0.4) is 0 Å². The average molecular weight is 314 g/mol. The third kappa shape index (κ3) is 2.74. The fraction of sp³-hybridized carbons (Fsp3) is 0.556. The van der Waals surface area contributed by atoms with Crippen molar-refractivity contribution in [3.8, 4) is 0 Å². The number of hydrogen-bond donors (Lipinski definition) is 1. The van der Waals surface area contributed by atoms with Gasteiger partial charge in [0.2, 0.25) is 0 Å². The van der Waals surface area contributed by atoms with Crippen LogP contribution in [-0.2, 0) is 4.79 Å². The molecule has 5 nitrogen and oxygen atoms in total. The Morgan fingerprint density at radius 3 is 2.39 bits per heavy atom. The summed E-state index contributed by atoms with van der Waals surface area (Å²) in [5.74, 6) is 1.40. The van der Waals surface area contributed by atoms with Crippen LogP contribution >= 0.6 is 0 Å². The molecule has 0 aliphatic carbocycles. The molecule has 0 aromatic heterocycles. The average Bonchev–Trinajstić information content (AvgIpc) is 2.59. The molecule has 2 heterocycles. The molecule has 2 aliphatic heterocycles. The number of carbonyl (C=O) groups is 1. The highest BCUT2D eigenvalue weighted by Crippen LogP contribution is 2.32. The van der Waals surface area contributed by atoms with Crippen molar-refractivity contribution < 1.29 is 4.79 Å². The Morgan fingerprint density at radius 2 is 1.74 bits per heavy atom. The Morgan fingerprint density at radius 1 is 1.13 bits per heavy atom. The maximum absolute atomic E-state index is 12.4. The summed E-state index contributed by atoms with van der Waals surface area (Å²) in [5.41, 5.74) is 7.93. The van der Waals surface area contributed by atoms with Gasteiger partial charge in [0.15, 0.2) is 6.17 Å². The van der Waals surface area contributed by atoms with Gasteiger partial charge in [-0.3, -0.25) is 4.79 Å². The van der Waals surface area contributed by atoms with Gasteiger partial charge in [-0.15, -0.1) is 0 Å². The second kappa shape index (κ2) is 5.96. The van der Waals surface area contributed by atoms with E-state index in [0.29, 0.717) is 18.0 Å². The van der Waals surface area contributed by atoms with Gasteiger partial charge in [0, 0.05) is 24.7 Å². The van der Waals surface area contributed by atoms with Crippen molar-refractivity contribution in [2.75, 3.05) is 11.9 Å². The summed E-state index contributed by atoms with van der Waals surface area (Å²) >= 11 is 0. The first-order valence-corrected chi connectivity index (χ1v) is 8.38. The molecule has 3 atom stereocenters. The molecule has 3 rings (SSSR count). The van der Waals surface area contributed by atoms with Crippen LogP contribution in [0.5, 0.6) is 0 Å². The Bertz CT molecular complexity index is 630. The van der Waals surface area contributed by atoms with Gasteiger partial charge in [0.25, 0.3) is 5.91 Å². The number of amidine groups is 1. The molecule has 1 aromatic carbocycles. The van der Waals surface area contributed by atoms with Crippen molar-refractivity contribution >= 4 is 17.4 Å². The van der Waals surface area contributed by atoms with Crippen LogP contribution in [0.2, 0.25) is 0 Å². The Labute approximate surface area is 138 Å². The normalized spacial score (nSPS) is 31.5. The minimum absolute atomic E-state index is 0.168. The standard InChI is InChI=1S/C18H26N4O/c1-11-9-12(2)22(13(3)10-11)17-14-7-5-6-8-15(14)21(4)18(23)16(19)20-17/h5-8,11-13,16H,9-10,19H2,1-4H3. The molecular weight excluding hydrogens is 288 g/mol. The van der Waals surface area contributed by atoms with E-state index in [1.54, 1.807) is 11.9 Å². The van der Waals surface area contributed by atoms with Crippen molar-refractivity contribution in [2.24, 2.45) is 16.6 Å². The van der Waals surface area contributed by atoms with E-state index in [1.807, 2.05) is 24.3 Å². The number of carbonyl (C=O) groups excluding carboxylic acids is 1. The number of amides is 1. The predicted octanol–water partition coefficient (Wildman–Crippen LogP) is 2.20. The molecule has 1 amide bonds. The summed E-state index contributed by atoms with van der Waals surface area (Å²) in [5, 5.41) is 0. The summed E-state index contributed by atoms with van der Waals surface area (Å²) in [4.78, 5) is 21.0. The number of hydrogen-bond acceptors (Lipinski definition) is 4. The second-order valence-corrected chi connectivity index (χ2v) is 6.99. The number of aliphatic imine (C=N–C) groups is 1. The van der Waals surface area contributed by atoms with Crippen molar-refractivity contribution in [2.45, 2.75) is 51.9 Å². The van der Waals surface area contributed by atoms with E-state index in [2.05, 4.69) is 30.7 Å². The highest BCUT2D eigenvalue weighted by atomic mass is 16.2. The highest BCUT2D eigenvalue weighted by Gasteiger charge is 2.35. The molecule has 0 saturated carbocycles. The molecule has 1 saturated heterocycles. The lowest BCUT2D eigenvalue weighted by Gasteiger charge is -2.44. The molecule has 2 aliphatic rings. The third-order valence-electron chi connectivity index (χ3n) is 5.03. The van der Waals surface area contributed by atoms with Gasteiger partial charge in [-0.2, -0.15) is 0 Å². The highest BCUT2D eigenvalue weighted by molar-refractivity contribution is 6.11. The number of fused-ring (bicyclic) bond motifs is 1. The number of nitrogens with zero attached hydrogens (tertiary/aromatic N) is 3. The maximum Gasteiger partial charge on any atom is 0.266 e. The number of likely N-dealkylation sites (tertiary alicyclic amines) is 1. The smallest absolute Gasteiger partial charge is 0.266 e. The first kappa shape index (κ1) is 16.0. The number of para-hydroxylation sites is 1. The van der Waals surface area contributed by atoms with Crippen LogP contribution in [0.15, 0.2) is 29.3 Å². The first-order valence-electron chi connectivity index (χ1n) is 8.38. The van der Waals surface area contributed by atoms with E-state index in [4.69, 9.17) is 5.73 Å². The molecular formula is C18H26N4O. The van der Waals surface area contributed by atoms with E-state index in [1.165, 1.54) is 0 Å². The van der Waals surface area contributed by atoms with Gasteiger partial charge in [-0.05, 0) is 44.7 Å². The molecule has 3 unspecified atom stereocenters. The topological polar surface area (TPSA) is 61.9 Å². The second-order valence-electron chi connectivity index (χ2n) is 6.99. The molecule has 0 radical (unpaired) electrons. The maximum atomic E-state index is 12.4. The Kier molecular flexibility index (Phi) is 4.15. The fourth-order valence-electron chi connectivity index (χ4n) is 4.07. The minimum Gasteiger partial charge on any atom is -0.351 e. The lowest BCUT2D eigenvalue weighted by atomic mass is 9.88. The van der Waals surface area contributed by atoms with E-state index >= 15 is 0 Å². The van der Waals surface area contributed by atoms with E-state index in [0.717, 1.165) is 29.9 Å². The van der Waals surface area contributed by atoms with Crippen LogP contribution in [0.25, 0.3) is 0 Å². The van der Waals surface area contributed by atoms with Crippen molar-refractivity contribution in [3.63, 3.8) is 0 Å². The molecule has 0 bridgehead atoms.